The molecule has 0 radical (unpaired) electrons. The number of carboxylic acids is 1. The maximum atomic E-state index is 11.3. The maximum Gasteiger partial charge on any atom is 0.328 e. The fraction of sp³-hybridized carbons (Fsp3) is 0.286. The number of hydrogen-bond donors (Lipinski definition) is 1. The van der Waals surface area contributed by atoms with Gasteiger partial charge >= 0.3 is 5.97 Å². The lowest BCUT2D eigenvalue weighted by atomic mass is 9.97. The molecule has 0 saturated carbocycles. The van der Waals surface area contributed by atoms with E-state index in [1.165, 1.54) is 31.0 Å². The topological polar surface area (TPSA) is 49.8 Å². The van der Waals surface area contributed by atoms with Crippen molar-refractivity contribution in [2.45, 2.75) is 19.3 Å². The Labute approximate surface area is 148 Å². The van der Waals surface area contributed by atoms with Gasteiger partial charge in [-0.05, 0) is 60.2 Å². The Balaban J connectivity index is 1.89. The van der Waals surface area contributed by atoms with Gasteiger partial charge < -0.3 is 14.7 Å². The Hall–Kier alpha value is -2.75. The van der Waals surface area contributed by atoms with Crippen LogP contribution in [0.2, 0.25) is 0 Å². The van der Waals surface area contributed by atoms with Crippen LogP contribution >= 0.6 is 0 Å². The minimum Gasteiger partial charge on any atom is -0.497 e. The van der Waals surface area contributed by atoms with Crippen LogP contribution in [0.25, 0.3) is 5.57 Å². The molecule has 0 bridgehead atoms. The summed E-state index contributed by atoms with van der Waals surface area (Å²) >= 11 is 0. The molecule has 0 aromatic heterocycles. The van der Waals surface area contributed by atoms with E-state index in [0.717, 1.165) is 30.0 Å². The molecule has 3 rings (SSSR count). The third kappa shape index (κ3) is 4.21. The normalized spacial score (nSPS) is 15.1. The first-order valence-corrected chi connectivity index (χ1v) is 8.62. The van der Waals surface area contributed by atoms with Gasteiger partial charge in [0.1, 0.15) is 5.75 Å². The van der Waals surface area contributed by atoms with E-state index in [9.17, 15) is 9.90 Å². The fourth-order valence-corrected chi connectivity index (χ4v) is 3.23. The number of hydrogen-bond acceptors (Lipinski definition) is 3. The maximum absolute atomic E-state index is 11.3. The van der Waals surface area contributed by atoms with Crippen LogP contribution in [0.3, 0.4) is 0 Å². The van der Waals surface area contributed by atoms with Crippen LogP contribution in [-0.2, 0) is 4.79 Å². The zero-order chi connectivity index (χ0) is 17.6. The molecule has 1 N–H and O–H groups in total. The molecule has 0 atom stereocenters. The lowest BCUT2D eigenvalue weighted by molar-refractivity contribution is -0.131. The summed E-state index contributed by atoms with van der Waals surface area (Å²) in [7, 11) is 1.61. The SMILES string of the molecule is COc1ccc(C(=CC(=O)O)c2ccc(N3CCCCC3)cc2)cc1. The highest BCUT2D eigenvalue weighted by Crippen LogP contribution is 2.28. The second kappa shape index (κ2) is 7.88. The van der Waals surface area contributed by atoms with Crippen LogP contribution in [0.15, 0.2) is 54.6 Å². The average Bonchev–Trinajstić information content (AvgIpc) is 2.67. The predicted molar refractivity (Wildman–Crippen MR) is 100 cm³/mol. The van der Waals surface area contributed by atoms with Gasteiger partial charge in [0.25, 0.3) is 0 Å². The highest BCUT2D eigenvalue weighted by Gasteiger charge is 2.12. The van der Waals surface area contributed by atoms with E-state index in [4.69, 9.17) is 4.74 Å². The number of aliphatic carboxylic acids is 1. The van der Waals surface area contributed by atoms with E-state index in [1.54, 1.807) is 7.11 Å². The van der Waals surface area contributed by atoms with Crippen molar-refractivity contribution in [2.75, 3.05) is 25.1 Å². The summed E-state index contributed by atoms with van der Waals surface area (Å²) in [6, 6.07) is 15.6. The molecule has 130 valence electrons. The monoisotopic (exact) mass is 337 g/mol. The molecule has 2 aromatic rings. The van der Waals surface area contributed by atoms with Gasteiger partial charge in [-0.25, -0.2) is 4.79 Å². The molecule has 1 heterocycles. The van der Waals surface area contributed by atoms with E-state index in [2.05, 4.69) is 17.0 Å². The van der Waals surface area contributed by atoms with Crippen LogP contribution < -0.4 is 9.64 Å². The molecule has 1 saturated heterocycles. The lowest BCUT2D eigenvalue weighted by Gasteiger charge is -2.29. The van der Waals surface area contributed by atoms with E-state index in [-0.39, 0.29) is 0 Å². The van der Waals surface area contributed by atoms with Crippen molar-refractivity contribution in [3.63, 3.8) is 0 Å². The van der Waals surface area contributed by atoms with Crippen molar-refractivity contribution in [1.82, 2.24) is 0 Å². The van der Waals surface area contributed by atoms with Crippen LogP contribution in [0.4, 0.5) is 5.69 Å². The van der Waals surface area contributed by atoms with Gasteiger partial charge in [0.2, 0.25) is 0 Å². The summed E-state index contributed by atoms with van der Waals surface area (Å²) in [4.78, 5) is 13.7. The first-order chi connectivity index (χ1) is 12.2. The van der Waals surface area contributed by atoms with E-state index in [0.29, 0.717) is 5.57 Å². The first kappa shape index (κ1) is 17.1. The molecule has 1 aliphatic rings. The summed E-state index contributed by atoms with van der Waals surface area (Å²) in [5.41, 5.74) is 3.65. The second-order valence-corrected chi connectivity index (χ2v) is 6.22. The highest BCUT2D eigenvalue weighted by molar-refractivity contribution is 5.95. The first-order valence-electron chi connectivity index (χ1n) is 8.62. The lowest BCUT2D eigenvalue weighted by Crippen LogP contribution is -2.29. The van der Waals surface area contributed by atoms with E-state index >= 15 is 0 Å². The van der Waals surface area contributed by atoms with Crippen LogP contribution in [0, 0.1) is 0 Å². The molecule has 4 nitrogen and oxygen atoms in total. The Morgan fingerprint density at radius 1 is 0.960 bits per heavy atom. The molecule has 2 aromatic carbocycles. The van der Waals surface area contributed by atoms with Crippen molar-refractivity contribution in [2.24, 2.45) is 0 Å². The second-order valence-electron chi connectivity index (χ2n) is 6.22. The number of methoxy groups -OCH3 is 1. The van der Waals surface area contributed by atoms with Gasteiger partial charge in [-0.3, -0.25) is 0 Å². The number of carboxylic acid groups (broad SMARTS) is 1. The minimum atomic E-state index is -0.953. The number of ether oxygens (including phenoxy) is 1. The van der Waals surface area contributed by atoms with Crippen LogP contribution in [0.5, 0.6) is 5.75 Å². The predicted octanol–water partition coefficient (Wildman–Crippen LogP) is 4.20. The molecular formula is C21H23NO3. The molecule has 0 unspecified atom stereocenters. The Morgan fingerprint density at radius 3 is 2.04 bits per heavy atom. The quantitative estimate of drug-likeness (QED) is 0.831. The van der Waals surface area contributed by atoms with Crippen molar-refractivity contribution >= 4 is 17.2 Å². The molecule has 0 spiro atoms. The summed E-state index contributed by atoms with van der Waals surface area (Å²) in [6.07, 6.45) is 5.03. The number of anilines is 1. The molecule has 25 heavy (non-hydrogen) atoms. The summed E-state index contributed by atoms with van der Waals surface area (Å²) < 4.78 is 5.18. The van der Waals surface area contributed by atoms with E-state index in [1.807, 2.05) is 36.4 Å². The Bertz CT molecular complexity index is 742. The Kier molecular flexibility index (Phi) is 5.39. The number of nitrogens with zero attached hydrogens (tertiary/aromatic N) is 1. The smallest absolute Gasteiger partial charge is 0.328 e. The molecule has 1 fully saturated rings. The molecule has 4 heteroatoms. The van der Waals surface area contributed by atoms with Crippen LogP contribution in [0.1, 0.15) is 30.4 Å². The van der Waals surface area contributed by atoms with Gasteiger partial charge in [-0.1, -0.05) is 24.3 Å². The highest BCUT2D eigenvalue weighted by atomic mass is 16.5. The van der Waals surface area contributed by atoms with Gasteiger partial charge in [0, 0.05) is 24.9 Å². The third-order valence-electron chi connectivity index (χ3n) is 4.57. The van der Waals surface area contributed by atoms with Crippen molar-refractivity contribution in [1.29, 1.82) is 0 Å². The third-order valence-corrected chi connectivity index (χ3v) is 4.57. The zero-order valence-corrected chi connectivity index (χ0v) is 14.4. The van der Waals surface area contributed by atoms with Crippen molar-refractivity contribution in [3.05, 3.63) is 65.7 Å². The summed E-state index contributed by atoms with van der Waals surface area (Å²) in [5, 5.41) is 9.26. The molecular weight excluding hydrogens is 314 g/mol. The summed E-state index contributed by atoms with van der Waals surface area (Å²) in [5.74, 6) is -0.204. The van der Waals surface area contributed by atoms with Gasteiger partial charge in [-0.2, -0.15) is 0 Å². The van der Waals surface area contributed by atoms with Crippen molar-refractivity contribution < 1.29 is 14.6 Å². The van der Waals surface area contributed by atoms with Gasteiger partial charge in [-0.15, -0.1) is 0 Å². The number of carbonyl (C=O) groups is 1. The molecule has 1 aliphatic heterocycles. The Morgan fingerprint density at radius 2 is 1.52 bits per heavy atom. The minimum absolute atomic E-state index is 0.695. The molecule has 0 aliphatic carbocycles. The zero-order valence-electron chi connectivity index (χ0n) is 14.4. The standard InChI is InChI=1S/C21H23NO3/c1-25-19-11-7-17(8-12-19)20(15-21(23)24)16-5-9-18(10-6-16)22-13-3-2-4-14-22/h5-12,15H,2-4,13-14H2,1H3,(H,23,24). The van der Waals surface area contributed by atoms with Crippen LogP contribution in [-0.4, -0.2) is 31.3 Å². The fourth-order valence-electron chi connectivity index (χ4n) is 3.23. The summed E-state index contributed by atoms with van der Waals surface area (Å²) in [6.45, 7) is 2.19. The van der Waals surface area contributed by atoms with Crippen molar-refractivity contribution in [3.8, 4) is 5.75 Å². The van der Waals surface area contributed by atoms with Gasteiger partial charge in [0.15, 0.2) is 0 Å². The van der Waals surface area contributed by atoms with Gasteiger partial charge in [0.05, 0.1) is 7.11 Å². The number of piperidine rings is 1. The number of benzene rings is 2. The molecule has 0 amide bonds. The number of rotatable bonds is 5. The largest absolute Gasteiger partial charge is 0.497 e. The average molecular weight is 337 g/mol. The van der Waals surface area contributed by atoms with E-state index < -0.39 is 5.97 Å².